The lowest BCUT2D eigenvalue weighted by atomic mass is 9.90. The summed E-state index contributed by atoms with van der Waals surface area (Å²) in [6, 6.07) is 6.94. The number of benzene rings is 1. The van der Waals surface area contributed by atoms with E-state index < -0.39 is 11.9 Å². The van der Waals surface area contributed by atoms with Gasteiger partial charge in [0, 0.05) is 12.5 Å². The number of aliphatic hydroxyl groups is 1. The summed E-state index contributed by atoms with van der Waals surface area (Å²) in [5, 5.41) is 10.4. The normalized spacial score (nSPS) is 21.8. The third-order valence-corrected chi connectivity index (χ3v) is 5.26. The highest BCUT2D eigenvalue weighted by Crippen LogP contribution is 2.42. The molecule has 5 heteroatoms. The molecule has 3 rings (SSSR count). The van der Waals surface area contributed by atoms with Gasteiger partial charge in [-0.1, -0.05) is 38.3 Å². The summed E-state index contributed by atoms with van der Waals surface area (Å²) in [5.74, 6) is -0.249. The molecule has 0 radical (unpaired) electrons. The minimum Gasteiger partial charge on any atom is -0.503 e. The van der Waals surface area contributed by atoms with E-state index in [-0.39, 0.29) is 29.6 Å². The van der Waals surface area contributed by atoms with Gasteiger partial charge in [0.1, 0.15) is 5.75 Å². The Balaban J connectivity index is 2.04. The fourth-order valence-electron chi connectivity index (χ4n) is 3.95. The summed E-state index contributed by atoms with van der Waals surface area (Å²) in [5.41, 5.74) is 1.07. The van der Waals surface area contributed by atoms with Crippen molar-refractivity contribution in [1.82, 2.24) is 4.90 Å². The van der Waals surface area contributed by atoms with Gasteiger partial charge in [0.2, 0.25) is 0 Å². The molecular weight excluding hydrogens is 318 g/mol. The van der Waals surface area contributed by atoms with Crippen LogP contribution in [-0.2, 0) is 9.59 Å². The Labute approximate surface area is 148 Å². The van der Waals surface area contributed by atoms with E-state index in [2.05, 4.69) is 0 Å². The van der Waals surface area contributed by atoms with Gasteiger partial charge >= 0.3 is 0 Å². The van der Waals surface area contributed by atoms with Crippen molar-refractivity contribution < 1.29 is 19.4 Å². The molecule has 1 saturated carbocycles. The van der Waals surface area contributed by atoms with Crippen molar-refractivity contribution in [3.63, 3.8) is 0 Å². The Bertz CT molecular complexity index is 686. The zero-order valence-electron chi connectivity index (χ0n) is 14.8. The molecule has 5 nitrogen and oxygen atoms in total. The van der Waals surface area contributed by atoms with Crippen molar-refractivity contribution in [1.29, 1.82) is 0 Å². The van der Waals surface area contributed by atoms with Crippen LogP contribution in [0.3, 0.4) is 0 Å². The second kappa shape index (κ2) is 7.30. The average molecular weight is 343 g/mol. The number of aliphatic hydroxyl groups excluding tert-OH is 1. The molecule has 0 saturated heterocycles. The highest BCUT2D eigenvalue weighted by atomic mass is 16.5. The van der Waals surface area contributed by atoms with E-state index >= 15 is 0 Å². The lowest BCUT2D eigenvalue weighted by Gasteiger charge is -2.36. The molecule has 1 fully saturated rings. The van der Waals surface area contributed by atoms with Crippen LogP contribution in [0, 0.1) is 0 Å². The first kappa shape index (κ1) is 17.5. The molecular formula is C20H25NO4. The summed E-state index contributed by atoms with van der Waals surface area (Å²) in [4.78, 5) is 27.0. The second-order valence-electron chi connectivity index (χ2n) is 6.72. The number of carbonyl (C=O) groups is 2. The number of hydrogen-bond donors (Lipinski definition) is 1. The maximum absolute atomic E-state index is 12.8. The quantitative estimate of drug-likeness (QED) is 0.885. The minimum atomic E-state index is -0.506. The van der Waals surface area contributed by atoms with Crippen LogP contribution in [0.5, 0.6) is 5.75 Å². The lowest BCUT2D eigenvalue weighted by molar-refractivity contribution is -0.132. The first-order valence-corrected chi connectivity index (χ1v) is 9.01. The van der Waals surface area contributed by atoms with Crippen molar-refractivity contribution in [2.24, 2.45) is 0 Å². The van der Waals surface area contributed by atoms with Gasteiger partial charge in [0.25, 0.3) is 5.91 Å². The summed E-state index contributed by atoms with van der Waals surface area (Å²) < 4.78 is 5.20. The highest BCUT2D eigenvalue weighted by Gasteiger charge is 2.45. The van der Waals surface area contributed by atoms with E-state index in [1.54, 1.807) is 18.9 Å². The minimum absolute atomic E-state index is 0.0673. The average Bonchev–Trinajstić information content (AvgIpc) is 2.93. The van der Waals surface area contributed by atoms with E-state index in [4.69, 9.17) is 4.74 Å². The van der Waals surface area contributed by atoms with Crippen LogP contribution in [-0.4, -0.2) is 34.8 Å². The Morgan fingerprint density at radius 2 is 1.84 bits per heavy atom. The molecule has 0 aromatic heterocycles. The fourth-order valence-corrected chi connectivity index (χ4v) is 3.95. The van der Waals surface area contributed by atoms with Crippen molar-refractivity contribution in [2.75, 3.05) is 7.11 Å². The maximum atomic E-state index is 12.8. The maximum Gasteiger partial charge on any atom is 0.290 e. The zero-order chi connectivity index (χ0) is 18.0. The van der Waals surface area contributed by atoms with Gasteiger partial charge in [-0.15, -0.1) is 0 Å². The van der Waals surface area contributed by atoms with Crippen LogP contribution in [0.25, 0.3) is 0 Å². The van der Waals surface area contributed by atoms with Crippen molar-refractivity contribution >= 4 is 11.7 Å². The van der Waals surface area contributed by atoms with Crippen molar-refractivity contribution in [2.45, 2.75) is 57.5 Å². The first-order valence-electron chi connectivity index (χ1n) is 9.01. The predicted octanol–water partition coefficient (Wildman–Crippen LogP) is 3.70. The van der Waals surface area contributed by atoms with E-state index in [0.717, 1.165) is 31.2 Å². The molecule has 0 spiro atoms. The monoisotopic (exact) mass is 343 g/mol. The van der Waals surface area contributed by atoms with Crippen LogP contribution in [0.4, 0.5) is 0 Å². The van der Waals surface area contributed by atoms with Gasteiger partial charge in [-0.25, -0.2) is 0 Å². The van der Waals surface area contributed by atoms with Crippen LogP contribution in [0.15, 0.2) is 35.6 Å². The van der Waals surface area contributed by atoms with Gasteiger partial charge in [0.05, 0.1) is 18.7 Å². The highest BCUT2D eigenvalue weighted by molar-refractivity contribution is 6.09. The van der Waals surface area contributed by atoms with E-state index in [9.17, 15) is 14.7 Å². The third-order valence-electron chi connectivity index (χ3n) is 5.26. The molecule has 0 bridgehead atoms. The van der Waals surface area contributed by atoms with Gasteiger partial charge in [-0.2, -0.15) is 0 Å². The molecule has 134 valence electrons. The number of carbonyl (C=O) groups excluding carboxylic acids is 2. The number of ether oxygens (including phenoxy) is 1. The topological polar surface area (TPSA) is 66.8 Å². The molecule has 1 heterocycles. The van der Waals surface area contributed by atoms with Gasteiger partial charge in [-0.3, -0.25) is 9.59 Å². The van der Waals surface area contributed by atoms with Gasteiger partial charge in [-0.05, 0) is 30.5 Å². The largest absolute Gasteiger partial charge is 0.503 e. The van der Waals surface area contributed by atoms with Crippen molar-refractivity contribution in [3.8, 4) is 5.75 Å². The Morgan fingerprint density at radius 3 is 2.40 bits per heavy atom. The first-order chi connectivity index (χ1) is 12.1. The van der Waals surface area contributed by atoms with Crippen LogP contribution in [0.2, 0.25) is 0 Å². The number of ketones is 1. The van der Waals surface area contributed by atoms with Crippen LogP contribution < -0.4 is 4.74 Å². The number of rotatable bonds is 5. The van der Waals surface area contributed by atoms with Gasteiger partial charge in [0.15, 0.2) is 11.5 Å². The molecule has 1 unspecified atom stereocenters. The standard InChI is InChI=1S/C20H25NO4/c1-3-16(22)17-18(13-9-11-15(25-2)12-10-13)21(20(24)19(17)23)14-7-5-4-6-8-14/h9-12,14,18,23H,3-8H2,1-2H3. The van der Waals surface area contributed by atoms with Gasteiger partial charge < -0.3 is 14.7 Å². The summed E-state index contributed by atoms with van der Waals surface area (Å²) in [6.07, 6.45) is 5.41. The number of Topliss-reactive ketones (excluding diaryl/α,β-unsaturated/α-hetero) is 1. The van der Waals surface area contributed by atoms with Crippen LogP contribution in [0.1, 0.15) is 57.1 Å². The predicted molar refractivity (Wildman–Crippen MR) is 94.4 cm³/mol. The van der Waals surface area contributed by atoms with E-state index in [1.807, 2.05) is 24.3 Å². The molecule has 1 aromatic carbocycles. The molecule has 1 aliphatic heterocycles. The van der Waals surface area contributed by atoms with E-state index in [0.29, 0.717) is 5.75 Å². The molecule has 25 heavy (non-hydrogen) atoms. The molecule has 2 aliphatic rings. The SMILES string of the molecule is CCC(=O)C1=C(O)C(=O)N(C2CCCCC2)C1c1ccc(OC)cc1. The molecule has 1 aromatic rings. The summed E-state index contributed by atoms with van der Waals surface area (Å²) >= 11 is 0. The fraction of sp³-hybridized carbons (Fsp3) is 0.500. The second-order valence-corrected chi connectivity index (χ2v) is 6.72. The zero-order valence-corrected chi connectivity index (χ0v) is 14.8. The summed E-state index contributed by atoms with van der Waals surface area (Å²) in [6.45, 7) is 1.75. The number of hydrogen-bond acceptors (Lipinski definition) is 4. The summed E-state index contributed by atoms with van der Waals surface area (Å²) in [7, 11) is 1.60. The lowest BCUT2D eigenvalue weighted by Crippen LogP contribution is -2.41. The Hall–Kier alpha value is -2.30. The Kier molecular flexibility index (Phi) is 5.11. The number of amides is 1. The molecule has 1 amide bonds. The number of methoxy groups -OCH3 is 1. The Morgan fingerprint density at radius 1 is 1.20 bits per heavy atom. The smallest absolute Gasteiger partial charge is 0.290 e. The number of nitrogens with zero attached hydrogens (tertiary/aromatic N) is 1. The van der Waals surface area contributed by atoms with Crippen LogP contribution >= 0.6 is 0 Å². The molecule has 1 aliphatic carbocycles. The molecule has 1 N–H and O–H groups in total. The molecule has 1 atom stereocenters. The van der Waals surface area contributed by atoms with Crippen molar-refractivity contribution in [3.05, 3.63) is 41.2 Å². The third kappa shape index (κ3) is 3.15. The van der Waals surface area contributed by atoms with E-state index in [1.165, 1.54) is 6.42 Å².